The second-order valence-corrected chi connectivity index (χ2v) is 3.59. The third kappa shape index (κ3) is 3.77. The first-order valence-corrected chi connectivity index (χ1v) is 5.42. The molecule has 0 atom stereocenters. The van der Waals surface area contributed by atoms with Gasteiger partial charge in [0, 0.05) is 11.3 Å². The summed E-state index contributed by atoms with van der Waals surface area (Å²) in [6, 6.07) is 2.84. The number of rotatable bonds is 3. The Morgan fingerprint density at radius 3 is 2.65 bits per heavy atom. The van der Waals surface area contributed by atoms with Crippen molar-refractivity contribution in [3.63, 3.8) is 0 Å². The van der Waals surface area contributed by atoms with Gasteiger partial charge < -0.3 is 15.7 Å². The van der Waals surface area contributed by atoms with Crippen molar-refractivity contribution >= 4 is 17.6 Å². The summed E-state index contributed by atoms with van der Waals surface area (Å²) in [5.74, 6) is -0.681. The molecule has 0 unspecified atom stereocenters. The number of carbonyl (C=O) groups excluding carboxylic acids is 1. The lowest BCUT2D eigenvalue weighted by atomic mass is 10.1. The van der Waals surface area contributed by atoms with Gasteiger partial charge in [-0.05, 0) is 25.1 Å². The van der Waals surface area contributed by atoms with E-state index in [-0.39, 0.29) is 12.3 Å². The van der Waals surface area contributed by atoms with E-state index >= 15 is 0 Å². The molecular weight excluding hydrogens is 279 g/mol. The Morgan fingerprint density at radius 1 is 1.50 bits per heavy atom. The van der Waals surface area contributed by atoms with Gasteiger partial charge in [-0.1, -0.05) is 5.16 Å². The third-order valence-corrected chi connectivity index (χ3v) is 2.23. The van der Waals surface area contributed by atoms with Crippen LogP contribution in [-0.2, 0) is 10.9 Å². The summed E-state index contributed by atoms with van der Waals surface area (Å²) < 4.78 is 43.2. The van der Waals surface area contributed by atoms with E-state index in [2.05, 4.69) is 15.2 Å². The quantitative estimate of drug-likeness (QED) is 0.345. The van der Waals surface area contributed by atoms with Gasteiger partial charge in [0.1, 0.15) is 0 Å². The molecule has 1 aromatic rings. The molecule has 0 aliphatic carbocycles. The zero-order valence-electron chi connectivity index (χ0n) is 10.4. The molecule has 0 heterocycles. The predicted molar refractivity (Wildman–Crippen MR) is 64.6 cm³/mol. The van der Waals surface area contributed by atoms with Crippen molar-refractivity contribution in [3.05, 3.63) is 29.3 Å². The van der Waals surface area contributed by atoms with Crippen LogP contribution in [0.4, 0.5) is 23.7 Å². The van der Waals surface area contributed by atoms with Crippen LogP contribution in [0.15, 0.2) is 23.4 Å². The number of amides is 1. The lowest BCUT2D eigenvalue weighted by Crippen LogP contribution is -2.21. The topological polar surface area (TPSA) is 96.9 Å². The molecule has 0 aliphatic heterocycles. The first-order chi connectivity index (χ1) is 9.29. The zero-order valence-corrected chi connectivity index (χ0v) is 10.4. The molecule has 110 valence electrons. The number of hydrogen-bond donors (Lipinski definition) is 3. The molecule has 0 aliphatic rings. The van der Waals surface area contributed by atoms with Crippen LogP contribution in [0.5, 0.6) is 0 Å². The maximum atomic E-state index is 12.9. The summed E-state index contributed by atoms with van der Waals surface area (Å²) in [6.45, 7) is 1.64. The standard InChI is InChI=1S/C11H12F3N3O3/c1-2-20-10(18)16-6-3-4-7(9(15)17-19)8(5-6)11(12,13)14/h3-5,19H,2H2,1H3,(H2,15,17)(H,16,18). The van der Waals surface area contributed by atoms with Crippen LogP contribution in [-0.4, -0.2) is 23.7 Å². The van der Waals surface area contributed by atoms with Gasteiger partial charge >= 0.3 is 12.3 Å². The van der Waals surface area contributed by atoms with Gasteiger partial charge in [0.15, 0.2) is 5.84 Å². The van der Waals surface area contributed by atoms with Crippen molar-refractivity contribution < 1.29 is 27.9 Å². The van der Waals surface area contributed by atoms with Crippen LogP contribution < -0.4 is 11.1 Å². The van der Waals surface area contributed by atoms with Crippen LogP contribution in [0.3, 0.4) is 0 Å². The minimum atomic E-state index is -4.73. The lowest BCUT2D eigenvalue weighted by Gasteiger charge is -2.14. The van der Waals surface area contributed by atoms with Gasteiger partial charge in [-0.2, -0.15) is 13.2 Å². The van der Waals surface area contributed by atoms with Crippen molar-refractivity contribution in [2.45, 2.75) is 13.1 Å². The molecule has 0 radical (unpaired) electrons. The minimum Gasteiger partial charge on any atom is -0.450 e. The second kappa shape index (κ2) is 6.13. The van der Waals surface area contributed by atoms with Crippen LogP contribution in [0.25, 0.3) is 0 Å². The molecule has 4 N–H and O–H groups in total. The molecule has 0 bridgehead atoms. The van der Waals surface area contributed by atoms with Gasteiger partial charge in [-0.15, -0.1) is 0 Å². The highest BCUT2D eigenvalue weighted by atomic mass is 19.4. The fourth-order valence-electron chi connectivity index (χ4n) is 1.42. The number of anilines is 1. The number of halogens is 3. The lowest BCUT2D eigenvalue weighted by molar-refractivity contribution is -0.137. The number of nitrogens with zero attached hydrogens (tertiary/aromatic N) is 1. The number of nitrogens with one attached hydrogen (secondary N) is 1. The molecule has 1 aromatic carbocycles. The van der Waals surface area contributed by atoms with Gasteiger partial charge in [0.2, 0.25) is 0 Å². The molecule has 20 heavy (non-hydrogen) atoms. The summed E-state index contributed by atoms with van der Waals surface area (Å²) in [5, 5.41) is 13.1. The summed E-state index contributed by atoms with van der Waals surface area (Å²) in [5.41, 5.74) is 3.43. The number of benzene rings is 1. The Kier molecular flexibility index (Phi) is 4.78. The smallest absolute Gasteiger partial charge is 0.417 e. The summed E-state index contributed by atoms with van der Waals surface area (Å²) in [6.07, 6.45) is -5.60. The predicted octanol–water partition coefficient (Wildman–Crippen LogP) is 2.37. The van der Waals surface area contributed by atoms with E-state index in [4.69, 9.17) is 10.9 Å². The highest BCUT2D eigenvalue weighted by Gasteiger charge is 2.34. The van der Waals surface area contributed by atoms with Crippen molar-refractivity contribution in [2.75, 3.05) is 11.9 Å². The molecule has 1 rings (SSSR count). The number of ether oxygens (including phenoxy) is 1. The molecule has 0 saturated carbocycles. The molecule has 0 fully saturated rings. The Balaban J connectivity index is 3.18. The van der Waals surface area contributed by atoms with Gasteiger partial charge in [-0.3, -0.25) is 5.32 Å². The summed E-state index contributed by atoms with van der Waals surface area (Å²) >= 11 is 0. The number of hydrogen-bond acceptors (Lipinski definition) is 4. The van der Waals surface area contributed by atoms with Crippen LogP contribution in [0.2, 0.25) is 0 Å². The van der Waals surface area contributed by atoms with E-state index in [0.717, 1.165) is 6.07 Å². The van der Waals surface area contributed by atoms with Crippen LogP contribution in [0, 0.1) is 0 Å². The van der Waals surface area contributed by atoms with E-state index in [9.17, 15) is 18.0 Å². The van der Waals surface area contributed by atoms with E-state index in [1.165, 1.54) is 6.07 Å². The average molecular weight is 291 g/mol. The Hall–Kier alpha value is -2.45. The van der Waals surface area contributed by atoms with E-state index in [1.54, 1.807) is 6.92 Å². The molecule has 0 saturated heterocycles. The zero-order chi connectivity index (χ0) is 15.3. The van der Waals surface area contributed by atoms with Crippen molar-refractivity contribution in [1.82, 2.24) is 0 Å². The van der Waals surface area contributed by atoms with E-state index < -0.39 is 29.2 Å². The second-order valence-electron chi connectivity index (χ2n) is 3.59. The minimum absolute atomic E-state index is 0.0835. The SMILES string of the molecule is CCOC(=O)Nc1ccc(C(N)=NO)c(C(F)(F)F)c1. The molecular formula is C11H12F3N3O3. The Bertz CT molecular complexity index is 529. The van der Waals surface area contributed by atoms with Crippen LogP contribution >= 0.6 is 0 Å². The summed E-state index contributed by atoms with van der Waals surface area (Å²) in [7, 11) is 0. The van der Waals surface area contributed by atoms with Gasteiger partial charge in [-0.25, -0.2) is 4.79 Å². The monoisotopic (exact) mass is 291 g/mol. The normalized spacial score (nSPS) is 12.1. The van der Waals surface area contributed by atoms with Crippen molar-refractivity contribution in [2.24, 2.45) is 10.9 Å². The first-order valence-electron chi connectivity index (χ1n) is 5.42. The Morgan fingerprint density at radius 2 is 2.15 bits per heavy atom. The van der Waals surface area contributed by atoms with Gasteiger partial charge in [0.05, 0.1) is 12.2 Å². The van der Waals surface area contributed by atoms with Crippen molar-refractivity contribution in [3.8, 4) is 0 Å². The summed E-state index contributed by atoms with van der Waals surface area (Å²) in [4.78, 5) is 11.1. The molecule has 0 aromatic heterocycles. The molecule has 6 nitrogen and oxygen atoms in total. The van der Waals surface area contributed by atoms with E-state index in [0.29, 0.717) is 6.07 Å². The number of carbonyl (C=O) groups is 1. The largest absolute Gasteiger partial charge is 0.450 e. The number of alkyl halides is 3. The molecule has 0 spiro atoms. The maximum absolute atomic E-state index is 12.9. The highest BCUT2D eigenvalue weighted by molar-refractivity contribution is 5.99. The number of amidine groups is 1. The maximum Gasteiger partial charge on any atom is 0.417 e. The van der Waals surface area contributed by atoms with E-state index in [1.807, 2.05) is 0 Å². The third-order valence-electron chi connectivity index (χ3n) is 2.23. The fraction of sp³-hybridized carbons (Fsp3) is 0.273. The van der Waals surface area contributed by atoms with Crippen molar-refractivity contribution in [1.29, 1.82) is 0 Å². The molecule has 1 amide bonds. The number of nitrogens with two attached hydrogens (primary N) is 1. The highest BCUT2D eigenvalue weighted by Crippen LogP contribution is 2.33. The fourth-order valence-corrected chi connectivity index (χ4v) is 1.42. The molecule has 9 heteroatoms. The average Bonchev–Trinajstić information content (AvgIpc) is 2.37. The van der Waals surface area contributed by atoms with Gasteiger partial charge in [0.25, 0.3) is 0 Å². The first kappa shape index (κ1) is 15.6. The van der Waals surface area contributed by atoms with Crippen LogP contribution in [0.1, 0.15) is 18.1 Å². The number of oxime groups is 1. The Labute approximate surface area is 112 Å².